The smallest absolute Gasteiger partial charge is 0.138 e. The second-order valence-electron chi connectivity index (χ2n) is 4.34. The number of carbonyl (C=O) groups is 1. The second-order valence-corrected chi connectivity index (χ2v) is 4.34. The Balaban J connectivity index is 2.67. The molecule has 1 aliphatic carbocycles. The fourth-order valence-corrected chi connectivity index (χ4v) is 1.68. The number of carbonyl (C=O) groups excluding carboxylic acids is 1. The van der Waals surface area contributed by atoms with Crippen molar-refractivity contribution in [3.8, 4) is 0 Å². The maximum atomic E-state index is 11.4. The first-order valence-electron chi connectivity index (χ1n) is 4.71. The third-order valence-electron chi connectivity index (χ3n) is 3.11. The van der Waals surface area contributed by atoms with E-state index < -0.39 is 5.60 Å². The van der Waals surface area contributed by atoms with Crippen LogP contribution in [0, 0.1) is 11.8 Å². The molecular formula is C10H18O2. The molecule has 1 unspecified atom stereocenters. The molecule has 2 heteroatoms. The van der Waals surface area contributed by atoms with Crippen LogP contribution in [-0.2, 0) is 4.79 Å². The van der Waals surface area contributed by atoms with Gasteiger partial charge in [0, 0.05) is 12.3 Å². The lowest BCUT2D eigenvalue weighted by atomic mass is 9.73. The molecule has 0 heterocycles. The molecule has 0 radical (unpaired) electrons. The van der Waals surface area contributed by atoms with E-state index in [2.05, 4.69) is 0 Å². The summed E-state index contributed by atoms with van der Waals surface area (Å²) < 4.78 is 0. The van der Waals surface area contributed by atoms with Crippen LogP contribution < -0.4 is 0 Å². The van der Waals surface area contributed by atoms with E-state index in [0.29, 0.717) is 6.42 Å². The molecule has 0 aromatic heterocycles. The largest absolute Gasteiger partial charge is 0.389 e. The predicted molar refractivity (Wildman–Crippen MR) is 47.8 cm³/mol. The van der Waals surface area contributed by atoms with E-state index in [9.17, 15) is 9.90 Å². The van der Waals surface area contributed by atoms with Gasteiger partial charge in [0.05, 0.1) is 5.60 Å². The molecule has 0 spiro atoms. The molecule has 0 aromatic carbocycles. The molecule has 1 saturated carbocycles. The maximum absolute atomic E-state index is 11.4. The van der Waals surface area contributed by atoms with Crippen molar-refractivity contribution < 1.29 is 9.90 Å². The molecule has 12 heavy (non-hydrogen) atoms. The molecule has 0 saturated heterocycles. The van der Waals surface area contributed by atoms with E-state index in [1.54, 1.807) is 0 Å². The topological polar surface area (TPSA) is 37.3 Å². The summed E-state index contributed by atoms with van der Waals surface area (Å²) in [7, 11) is 0. The van der Waals surface area contributed by atoms with Gasteiger partial charge in [-0.05, 0) is 18.8 Å². The molecule has 1 N–H and O–H groups in total. The summed E-state index contributed by atoms with van der Waals surface area (Å²) in [6.07, 6.45) is 1.97. The molecule has 0 amide bonds. The standard InChI is InChI=1S/C10H18O2/c1-7(2)10(12)5-4-8(3)9(11)6-10/h7-8,12H,4-6H2,1-3H3/t8?,10-/m1/s1. The van der Waals surface area contributed by atoms with Crippen molar-refractivity contribution in [2.24, 2.45) is 11.8 Å². The van der Waals surface area contributed by atoms with Crippen LogP contribution in [0.5, 0.6) is 0 Å². The Bertz CT molecular complexity index is 186. The predicted octanol–water partition coefficient (Wildman–Crippen LogP) is 1.76. The first kappa shape index (κ1) is 9.72. The summed E-state index contributed by atoms with van der Waals surface area (Å²) in [4.78, 5) is 11.4. The van der Waals surface area contributed by atoms with Gasteiger partial charge in [-0.3, -0.25) is 4.79 Å². The molecule has 0 bridgehead atoms. The molecule has 1 fully saturated rings. The minimum absolute atomic E-state index is 0.157. The van der Waals surface area contributed by atoms with Crippen LogP contribution in [0.25, 0.3) is 0 Å². The second kappa shape index (κ2) is 3.17. The van der Waals surface area contributed by atoms with Crippen LogP contribution in [0.1, 0.15) is 40.0 Å². The molecule has 1 aliphatic rings. The van der Waals surface area contributed by atoms with Crippen LogP contribution in [0.3, 0.4) is 0 Å². The van der Waals surface area contributed by atoms with Crippen molar-refractivity contribution in [1.82, 2.24) is 0 Å². The first-order chi connectivity index (χ1) is 5.46. The van der Waals surface area contributed by atoms with Crippen LogP contribution >= 0.6 is 0 Å². The number of hydrogen-bond donors (Lipinski definition) is 1. The Morgan fingerprint density at radius 1 is 1.58 bits per heavy atom. The number of rotatable bonds is 1. The Labute approximate surface area is 74.0 Å². The van der Waals surface area contributed by atoms with Gasteiger partial charge in [0.2, 0.25) is 0 Å². The summed E-state index contributed by atoms with van der Waals surface area (Å²) in [5.74, 6) is 0.565. The Morgan fingerprint density at radius 3 is 2.58 bits per heavy atom. The third kappa shape index (κ3) is 1.69. The van der Waals surface area contributed by atoms with E-state index in [1.807, 2.05) is 20.8 Å². The van der Waals surface area contributed by atoms with Crippen LogP contribution in [-0.4, -0.2) is 16.5 Å². The lowest BCUT2D eigenvalue weighted by molar-refractivity contribution is -0.135. The van der Waals surface area contributed by atoms with Crippen LogP contribution in [0.4, 0.5) is 0 Å². The highest BCUT2D eigenvalue weighted by molar-refractivity contribution is 5.82. The molecule has 0 aliphatic heterocycles. The SMILES string of the molecule is CC1CC[C@](O)(C(C)C)CC1=O. The number of aliphatic hydroxyl groups is 1. The minimum atomic E-state index is -0.719. The van der Waals surface area contributed by atoms with E-state index in [1.165, 1.54) is 0 Å². The van der Waals surface area contributed by atoms with E-state index in [0.717, 1.165) is 12.8 Å². The minimum Gasteiger partial charge on any atom is -0.389 e. The molecule has 1 rings (SSSR count). The van der Waals surface area contributed by atoms with Gasteiger partial charge in [-0.1, -0.05) is 20.8 Å². The Kier molecular flexibility index (Phi) is 2.57. The van der Waals surface area contributed by atoms with Gasteiger partial charge in [0.25, 0.3) is 0 Å². The highest BCUT2D eigenvalue weighted by Crippen LogP contribution is 2.34. The monoisotopic (exact) mass is 170 g/mol. The Hall–Kier alpha value is -0.370. The van der Waals surface area contributed by atoms with Crippen LogP contribution in [0.2, 0.25) is 0 Å². The summed E-state index contributed by atoms with van der Waals surface area (Å²) in [6, 6.07) is 0. The molecule has 0 aromatic rings. The maximum Gasteiger partial charge on any atom is 0.138 e. The normalized spacial score (nSPS) is 37.4. The molecule has 2 nitrogen and oxygen atoms in total. The number of hydrogen-bond acceptors (Lipinski definition) is 2. The fourth-order valence-electron chi connectivity index (χ4n) is 1.68. The van der Waals surface area contributed by atoms with E-state index >= 15 is 0 Å². The van der Waals surface area contributed by atoms with Gasteiger partial charge in [-0.15, -0.1) is 0 Å². The first-order valence-corrected chi connectivity index (χ1v) is 4.71. The highest BCUT2D eigenvalue weighted by atomic mass is 16.3. The lowest BCUT2D eigenvalue weighted by Gasteiger charge is -2.37. The fraction of sp³-hybridized carbons (Fsp3) is 0.900. The van der Waals surface area contributed by atoms with E-state index in [-0.39, 0.29) is 17.6 Å². The van der Waals surface area contributed by atoms with Crippen molar-refractivity contribution in [3.05, 3.63) is 0 Å². The zero-order valence-corrected chi connectivity index (χ0v) is 8.13. The summed E-state index contributed by atoms with van der Waals surface area (Å²) in [5, 5.41) is 10.0. The van der Waals surface area contributed by atoms with Gasteiger partial charge in [-0.2, -0.15) is 0 Å². The number of ketones is 1. The summed E-state index contributed by atoms with van der Waals surface area (Å²) in [5.41, 5.74) is -0.719. The summed E-state index contributed by atoms with van der Waals surface area (Å²) >= 11 is 0. The lowest BCUT2D eigenvalue weighted by Crippen LogP contribution is -2.42. The highest BCUT2D eigenvalue weighted by Gasteiger charge is 2.38. The molecular weight excluding hydrogens is 152 g/mol. The van der Waals surface area contributed by atoms with Gasteiger partial charge >= 0.3 is 0 Å². The Morgan fingerprint density at radius 2 is 2.17 bits per heavy atom. The average Bonchev–Trinajstić information content (AvgIpc) is 1.97. The van der Waals surface area contributed by atoms with Gasteiger partial charge < -0.3 is 5.11 Å². The van der Waals surface area contributed by atoms with Crippen molar-refractivity contribution >= 4 is 5.78 Å². The average molecular weight is 170 g/mol. The molecule has 2 atom stereocenters. The van der Waals surface area contributed by atoms with Crippen molar-refractivity contribution in [2.45, 2.75) is 45.6 Å². The molecule has 70 valence electrons. The van der Waals surface area contributed by atoms with Crippen molar-refractivity contribution in [1.29, 1.82) is 0 Å². The zero-order valence-electron chi connectivity index (χ0n) is 8.13. The zero-order chi connectivity index (χ0) is 9.35. The van der Waals surface area contributed by atoms with Gasteiger partial charge in [0.1, 0.15) is 5.78 Å². The van der Waals surface area contributed by atoms with Crippen molar-refractivity contribution in [2.75, 3.05) is 0 Å². The number of Topliss-reactive ketones (excluding diaryl/α,β-unsaturated/α-hetero) is 1. The van der Waals surface area contributed by atoms with Gasteiger partial charge in [0.15, 0.2) is 0 Å². The van der Waals surface area contributed by atoms with Gasteiger partial charge in [-0.25, -0.2) is 0 Å². The summed E-state index contributed by atoms with van der Waals surface area (Å²) in [6.45, 7) is 5.90. The van der Waals surface area contributed by atoms with Crippen LogP contribution in [0.15, 0.2) is 0 Å². The van der Waals surface area contributed by atoms with E-state index in [4.69, 9.17) is 0 Å². The third-order valence-corrected chi connectivity index (χ3v) is 3.11. The quantitative estimate of drug-likeness (QED) is 0.651. The van der Waals surface area contributed by atoms with Crippen molar-refractivity contribution in [3.63, 3.8) is 0 Å².